The Morgan fingerprint density at radius 1 is 1.14 bits per heavy atom. The van der Waals surface area contributed by atoms with Crippen LogP contribution in [0.25, 0.3) is 0 Å². The maximum Gasteiger partial charge on any atom is 0.161 e. The Morgan fingerprint density at radius 3 is 2.07 bits per heavy atom. The number of rotatable bonds is 3. The molecule has 0 aliphatic rings. The van der Waals surface area contributed by atoms with E-state index in [1.807, 2.05) is 12.1 Å². The van der Waals surface area contributed by atoms with Gasteiger partial charge in [-0.15, -0.1) is 0 Å². The summed E-state index contributed by atoms with van der Waals surface area (Å²) < 4.78 is 11.4. The van der Waals surface area contributed by atoms with Gasteiger partial charge in [0.2, 0.25) is 0 Å². The first-order valence-electron chi connectivity index (χ1n) is 4.15. The van der Waals surface area contributed by atoms with E-state index in [9.17, 15) is 0 Å². The Kier molecular flexibility index (Phi) is 4.26. The van der Waals surface area contributed by atoms with E-state index in [1.165, 1.54) is 0 Å². The van der Waals surface area contributed by atoms with Crippen molar-refractivity contribution in [3.8, 4) is 11.5 Å². The Bertz CT molecular complexity index is 324. The summed E-state index contributed by atoms with van der Waals surface area (Å²) in [7, 11) is 3.26. The largest absolute Gasteiger partial charge is 0.493 e. The van der Waals surface area contributed by atoms with Crippen molar-refractivity contribution >= 4 is 31.9 Å². The predicted octanol–water partition coefficient (Wildman–Crippen LogP) is 3.92. The van der Waals surface area contributed by atoms with Crippen LogP contribution in [0.2, 0.25) is 0 Å². The summed E-state index contributed by atoms with van der Waals surface area (Å²) >= 11 is 7.00. The van der Waals surface area contributed by atoms with Crippen molar-refractivity contribution in [2.75, 3.05) is 14.2 Å². The van der Waals surface area contributed by atoms with Crippen LogP contribution in [-0.2, 0) is 0 Å². The summed E-state index contributed by atoms with van der Waals surface area (Å²) in [5.41, 5.74) is 1.14. The highest BCUT2D eigenvalue weighted by Gasteiger charge is 2.12. The number of benzene rings is 1. The van der Waals surface area contributed by atoms with Crippen molar-refractivity contribution in [1.29, 1.82) is 0 Å². The van der Waals surface area contributed by atoms with Gasteiger partial charge >= 0.3 is 0 Å². The highest BCUT2D eigenvalue weighted by atomic mass is 79.9. The summed E-state index contributed by atoms with van der Waals surface area (Å²) in [4.78, 5) is 0.275. The van der Waals surface area contributed by atoms with Crippen LogP contribution >= 0.6 is 31.9 Å². The van der Waals surface area contributed by atoms with E-state index in [2.05, 4.69) is 38.8 Å². The Labute approximate surface area is 101 Å². The third-order valence-corrected chi connectivity index (χ3v) is 3.11. The van der Waals surface area contributed by atoms with Gasteiger partial charge in [0.05, 0.1) is 14.2 Å². The maximum atomic E-state index is 5.22. The molecule has 0 fully saturated rings. The highest BCUT2D eigenvalue weighted by Crippen LogP contribution is 2.38. The molecular formula is C10H12Br2O2. The van der Waals surface area contributed by atoms with Crippen molar-refractivity contribution in [3.05, 3.63) is 22.2 Å². The maximum absolute atomic E-state index is 5.22. The molecule has 0 radical (unpaired) electrons. The van der Waals surface area contributed by atoms with Gasteiger partial charge in [-0.25, -0.2) is 0 Å². The molecule has 0 saturated carbocycles. The van der Waals surface area contributed by atoms with Crippen LogP contribution in [-0.4, -0.2) is 14.2 Å². The SMILES string of the molecule is COc1cc(Br)c(C(C)Br)cc1OC. The van der Waals surface area contributed by atoms with Gasteiger partial charge < -0.3 is 9.47 Å². The molecule has 0 aliphatic carbocycles. The fraction of sp³-hybridized carbons (Fsp3) is 0.400. The van der Waals surface area contributed by atoms with Crippen LogP contribution in [0.5, 0.6) is 11.5 Å². The Morgan fingerprint density at radius 2 is 1.64 bits per heavy atom. The van der Waals surface area contributed by atoms with E-state index in [1.54, 1.807) is 14.2 Å². The molecule has 0 bridgehead atoms. The smallest absolute Gasteiger partial charge is 0.161 e. The molecule has 0 saturated heterocycles. The van der Waals surface area contributed by atoms with Gasteiger partial charge in [0.25, 0.3) is 0 Å². The van der Waals surface area contributed by atoms with E-state index >= 15 is 0 Å². The van der Waals surface area contributed by atoms with Gasteiger partial charge in [-0.1, -0.05) is 31.9 Å². The standard InChI is InChI=1S/C10H12Br2O2/c1-6(11)7-4-9(13-2)10(14-3)5-8(7)12/h4-6H,1-3H3. The molecule has 1 unspecified atom stereocenters. The van der Waals surface area contributed by atoms with Gasteiger partial charge in [-0.05, 0) is 24.6 Å². The first-order chi connectivity index (χ1) is 6.60. The number of hydrogen-bond acceptors (Lipinski definition) is 2. The molecule has 0 heterocycles. The number of hydrogen-bond donors (Lipinski definition) is 0. The van der Waals surface area contributed by atoms with E-state index in [4.69, 9.17) is 9.47 Å². The first-order valence-corrected chi connectivity index (χ1v) is 5.86. The minimum Gasteiger partial charge on any atom is -0.493 e. The van der Waals surface area contributed by atoms with Crippen molar-refractivity contribution < 1.29 is 9.47 Å². The van der Waals surface area contributed by atoms with E-state index in [-0.39, 0.29) is 4.83 Å². The van der Waals surface area contributed by atoms with Gasteiger partial charge in [-0.3, -0.25) is 0 Å². The second-order valence-corrected chi connectivity index (χ2v) is 5.07. The van der Waals surface area contributed by atoms with Gasteiger partial charge in [0, 0.05) is 9.30 Å². The molecule has 78 valence electrons. The third-order valence-electron chi connectivity index (χ3n) is 1.93. The van der Waals surface area contributed by atoms with Crippen LogP contribution in [0.1, 0.15) is 17.3 Å². The van der Waals surface area contributed by atoms with Crippen LogP contribution < -0.4 is 9.47 Å². The Balaban J connectivity index is 3.23. The van der Waals surface area contributed by atoms with E-state index in [0.717, 1.165) is 21.5 Å². The van der Waals surface area contributed by atoms with Gasteiger partial charge in [0.1, 0.15) is 0 Å². The zero-order valence-electron chi connectivity index (χ0n) is 8.30. The average Bonchev–Trinajstić information content (AvgIpc) is 2.16. The van der Waals surface area contributed by atoms with Crippen LogP contribution in [0.3, 0.4) is 0 Å². The molecule has 2 nitrogen and oxygen atoms in total. The lowest BCUT2D eigenvalue weighted by molar-refractivity contribution is 0.354. The van der Waals surface area contributed by atoms with Crippen LogP contribution in [0, 0.1) is 0 Å². The summed E-state index contributed by atoms with van der Waals surface area (Å²) in [5, 5.41) is 0. The molecule has 4 heteroatoms. The lowest BCUT2D eigenvalue weighted by atomic mass is 10.1. The second kappa shape index (κ2) is 5.03. The molecule has 0 aromatic heterocycles. The third kappa shape index (κ3) is 2.42. The molecule has 1 atom stereocenters. The van der Waals surface area contributed by atoms with Crippen LogP contribution in [0.4, 0.5) is 0 Å². The van der Waals surface area contributed by atoms with Crippen molar-refractivity contribution in [1.82, 2.24) is 0 Å². The Hall–Kier alpha value is -0.220. The molecule has 14 heavy (non-hydrogen) atoms. The minimum atomic E-state index is 0.275. The number of halogens is 2. The highest BCUT2D eigenvalue weighted by molar-refractivity contribution is 9.11. The minimum absolute atomic E-state index is 0.275. The normalized spacial score (nSPS) is 12.4. The van der Waals surface area contributed by atoms with Crippen molar-refractivity contribution in [2.24, 2.45) is 0 Å². The molecule has 0 spiro atoms. The first kappa shape index (κ1) is 11.9. The van der Waals surface area contributed by atoms with E-state index < -0.39 is 0 Å². The lowest BCUT2D eigenvalue weighted by Crippen LogP contribution is -1.94. The predicted molar refractivity (Wildman–Crippen MR) is 64.6 cm³/mol. The zero-order valence-corrected chi connectivity index (χ0v) is 11.5. The van der Waals surface area contributed by atoms with Crippen molar-refractivity contribution in [3.63, 3.8) is 0 Å². The number of alkyl halides is 1. The molecule has 1 aromatic carbocycles. The van der Waals surface area contributed by atoms with Crippen LogP contribution in [0.15, 0.2) is 16.6 Å². The molecule has 1 aromatic rings. The fourth-order valence-electron chi connectivity index (χ4n) is 1.17. The summed E-state index contributed by atoms with van der Waals surface area (Å²) in [6.45, 7) is 2.06. The molecule has 1 rings (SSSR count). The molecule has 0 amide bonds. The molecular weight excluding hydrogens is 312 g/mol. The summed E-state index contributed by atoms with van der Waals surface area (Å²) in [5.74, 6) is 1.48. The topological polar surface area (TPSA) is 18.5 Å². The quantitative estimate of drug-likeness (QED) is 0.785. The summed E-state index contributed by atoms with van der Waals surface area (Å²) in [6.07, 6.45) is 0. The average molecular weight is 324 g/mol. The zero-order chi connectivity index (χ0) is 10.7. The second-order valence-electron chi connectivity index (χ2n) is 2.84. The van der Waals surface area contributed by atoms with Crippen molar-refractivity contribution in [2.45, 2.75) is 11.8 Å². The lowest BCUT2D eigenvalue weighted by Gasteiger charge is -2.13. The summed E-state index contributed by atoms with van der Waals surface area (Å²) in [6, 6.07) is 3.87. The number of ether oxygens (including phenoxy) is 2. The molecule has 0 N–H and O–H groups in total. The monoisotopic (exact) mass is 322 g/mol. The van der Waals surface area contributed by atoms with Gasteiger partial charge in [0.15, 0.2) is 11.5 Å². The fourth-order valence-corrected chi connectivity index (χ4v) is 2.53. The molecule has 0 aliphatic heterocycles. The number of methoxy groups -OCH3 is 2. The van der Waals surface area contributed by atoms with E-state index in [0.29, 0.717) is 0 Å². The van der Waals surface area contributed by atoms with Gasteiger partial charge in [-0.2, -0.15) is 0 Å².